The summed E-state index contributed by atoms with van der Waals surface area (Å²) < 4.78 is 7.59. The molecule has 2 aromatic rings. The van der Waals surface area contributed by atoms with E-state index in [4.69, 9.17) is 27.9 Å². The molecule has 1 heterocycles. The Balaban J connectivity index is 1.63. The van der Waals surface area contributed by atoms with E-state index < -0.39 is 0 Å². The highest BCUT2D eigenvalue weighted by Crippen LogP contribution is 2.28. The highest BCUT2D eigenvalue weighted by molar-refractivity contribution is 7.99. The number of hydrogen-bond donors (Lipinski definition) is 1. The molecule has 0 bridgehead atoms. The van der Waals surface area contributed by atoms with Gasteiger partial charge in [-0.3, -0.25) is 9.36 Å². The number of rotatable bonds is 9. The van der Waals surface area contributed by atoms with E-state index in [2.05, 4.69) is 22.1 Å². The maximum Gasteiger partial charge on any atom is 0.230 e. The van der Waals surface area contributed by atoms with Crippen LogP contribution in [0.2, 0.25) is 10.0 Å². The summed E-state index contributed by atoms with van der Waals surface area (Å²) in [7, 11) is 0. The van der Waals surface area contributed by atoms with Crippen molar-refractivity contribution in [3.8, 4) is 5.75 Å². The molecule has 138 valence electrons. The van der Waals surface area contributed by atoms with Crippen molar-refractivity contribution in [1.82, 2.24) is 20.1 Å². The molecule has 1 aliphatic carbocycles. The number of allylic oxidation sites excluding steroid dienone is 1. The van der Waals surface area contributed by atoms with Crippen LogP contribution in [0.4, 0.5) is 0 Å². The minimum Gasteiger partial charge on any atom is -0.484 e. The number of halogens is 2. The summed E-state index contributed by atoms with van der Waals surface area (Å²) in [6, 6.07) is 5.38. The zero-order valence-corrected chi connectivity index (χ0v) is 16.3. The van der Waals surface area contributed by atoms with Crippen LogP contribution in [-0.4, -0.2) is 32.5 Å². The normalized spacial score (nSPS) is 13.5. The predicted octanol–water partition coefficient (Wildman–Crippen LogP) is 3.72. The topological polar surface area (TPSA) is 69.0 Å². The molecular formula is C17H18Cl2N4O2S. The molecule has 1 fully saturated rings. The molecule has 0 saturated heterocycles. The highest BCUT2D eigenvalue weighted by Gasteiger charge is 2.23. The fourth-order valence-corrected chi connectivity index (χ4v) is 3.45. The van der Waals surface area contributed by atoms with Crippen LogP contribution in [-0.2, 0) is 17.9 Å². The van der Waals surface area contributed by atoms with Crippen LogP contribution in [0, 0.1) is 0 Å². The average Bonchev–Trinajstić information content (AvgIpc) is 3.33. The first-order valence-corrected chi connectivity index (χ1v) is 9.84. The molecule has 3 rings (SSSR count). The monoisotopic (exact) mass is 412 g/mol. The van der Waals surface area contributed by atoms with E-state index in [-0.39, 0.29) is 12.5 Å². The van der Waals surface area contributed by atoms with Crippen molar-refractivity contribution in [3.05, 3.63) is 46.7 Å². The summed E-state index contributed by atoms with van der Waals surface area (Å²) >= 11 is 13.3. The predicted molar refractivity (Wildman–Crippen MR) is 103 cm³/mol. The summed E-state index contributed by atoms with van der Waals surface area (Å²) in [6.07, 6.45) is 3.88. The zero-order chi connectivity index (χ0) is 18.5. The lowest BCUT2D eigenvalue weighted by atomic mass is 10.3. The van der Waals surface area contributed by atoms with Gasteiger partial charge in [-0.1, -0.05) is 41.0 Å². The molecule has 1 aromatic heterocycles. The van der Waals surface area contributed by atoms with Gasteiger partial charge in [0.1, 0.15) is 12.4 Å². The van der Waals surface area contributed by atoms with E-state index >= 15 is 0 Å². The number of carbonyl (C=O) groups is 1. The Labute approximate surface area is 165 Å². The van der Waals surface area contributed by atoms with Gasteiger partial charge in [0.2, 0.25) is 5.91 Å². The molecule has 1 N–H and O–H groups in total. The summed E-state index contributed by atoms with van der Waals surface area (Å²) in [5, 5.41) is 12.9. The maximum absolute atomic E-state index is 11.9. The van der Waals surface area contributed by atoms with E-state index in [1.807, 2.05) is 4.57 Å². The van der Waals surface area contributed by atoms with Gasteiger partial charge in [-0.25, -0.2) is 0 Å². The Kier molecular flexibility index (Phi) is 6.45. The van der Waals surface area contributed by atoms with Gasteiger partial charge < -0.3 is 10.1 Å². The number of carbonyl (C=O) groups excluding carboxylic acids is 1. The number of amides is 1. The minimum absolute atomic E-state index is 0.0106. The Morgan fingerprint density at radius 3 is 2.92 bits per heavy atom. The lowest BCUT2D eigenvalue weighted by molar-refractivity contribution is -0.118. The number of thioether (sulfide) groups is 1. The molecular weight excluding hydrogens is 395 g/mol. The van der Waals surface area contributed by atoms with Crippen molar-refractivity contribution in [2.24, 2.45) is 0 Å². The molecule has 0 atom stereocenters. The average molecular weight is 413 g/mol. The van der Waals surface area contributed by atoms with Gasteiger partial charge in [0, 0.05) is 17.6 Å². The number of benzene rings is 1. The molecule has 0 aliphatic heterocycles. The van der Waals surface area contributed by atoms with Crippen molar-refractivity contribution < 1.29 is 9.53 Å². The van der Waals surface area contributed by atoms with Crippen LogP contribution in [0.5, 0.6) is 5.75 Å². The van der Waals surface area contributed by atoms with E-state index in [1.54, 1.807) is 24.3 Å². The third-order valence-electron chi connectivity index (χ3n) is 3.63. The molecule has 26 heavy (non-hydrogen) atoms. The number of nitrogens with one attached hydrogen (secondary N) is 1. The first-order valence-electron chi connectivity index (χ1n) is 8.10. The van der Waals surface area contributed by atoms with E-state index in [9.17, 15) is 4.79 Å². The summed E-state index contributed by atoms with van der Waals surface area (Å²) in [4.78, 5) is 11.9. The van der Waals surface area contributed by atoms with Gasteiger partial charge in [0.05, 0.1) is 10.8 Å². The van der Waals surface area contributed by atoms with Crippen molar-refractivity contribution in [2.45, 2.75) is 37.2 Å². The van der Waals surface area contributed by atoms with E-state index in [0.29, 0.717) is 45.1 Å². The largest absolute Gasteiger partial charge is 0.484 e. The van der Waals surface area contributed by atoms with Crippen molar-refractivity contribution >= 4 is 40.9 Å². The van der Waals surface area contributed by atoms with Gasteiger partial charge in [-0.2, -0.15) is 0 Å². The number of hydrogen-bond acceptors (Lipinski definition) is 5. The number of nitrogens with zero attached hydrogens (tertiary/aromatic N) is 3. The Bertz CT molecular complexity index is 808. The molecule has 1 aliphatic rings. The van der Waals surface area contributed by atoms with Crippen LogP contribution < -0.4 is 10.1 Å². The molecule has 1 saturated carbocycles. The molecule has 0 unspecified atom stereocenters. The molecule has 1 aromatic carbocycles. The first kappa shape index (κ1) is 19.1. The number of ether oxygens (including phenoxy) is 1. The van der Waals surface area contributed by atoms with E-state index in [1.165, 1.54) is 11.8 Å². The van der Waals surface area contributed by atoms with Crippen LogP contribution in [0.15, 0.2) is 36.0 Å². The Morgan fingerprint density at radius 1 is 1.42 bits per heavy atom. The minimum atomic E-state index is 0.0106. The molecule has 1 amide bonds. The van der Waals surface area contributed by atoms with Crippen molar-refractivity contribution in [1.29, 1.82) is 0 Å². The quantitative estimate of drug-likeness (QED) is 0.501. The SMILES string of the molecule is C=CCn1c(COc2ccc(Cl)cc2Cl)nnc1SCC(=O)NC1CC1. The third kappa shape index (κ3) is 5.16. The second-order valence-electron chi connectivity index (χ2n) is 5.79. The Morgan fingerprint density at radius 2 is 2.23 bits per heavy atom. The fourth-order valence-electron chi connectivity index (χ4n) is 2.21. The highest BCUT2D eigenvalue weighted by atomic mass is 35.5. The van der Waals surface area contributed by atoms with Gasteiger partial charge in [-0.15, -0.1) is 16.8 Å². The summed E-state index contributed by atoms with van der Waals surface area (Å²) in [5.41, 5.74) is 0. The number of aromatic nitrogens is 3. The second kappa shape index (κ2) is 8.79. The fraction of sp³-hybridized carbons (Fsp3) is 0.353. The lowest BCUT2D eigenvalue weighted by Crippen LogP contribution is -2.27. The molecule has 9 heteroatoms. The van der Waals surface area contributed by atoms with Gasteiger partial charge in [-0.05, 0) is 31.0 Å². The van der Waals surface area contributed by atoms with Gasteiger partial charge in [0.15, 0.2) is 11.0 Å². The van der Waals surface area contributed by atoms with Gasteiger partial charge in [0.25, 0.3) is 0 Å². The first-order chi connectivity index (χ1) is 12.6. The van der Waals surface area contributed by atoms with Crippen LogP contribution in [0.3, 0.4) is 0 Å². The zero-order valence-electron chi connectivity index (χ0n) is 14.0. The summed E-state index contributed by atoms with van der Waals surface area (Å²) in [6.45, 7) is 4.47. The second-order valence-corrected chi connectivity index (χ2v) is 7.58. The van der Waals surface area contributed by atoms with Crippen molar-refractivity contribution in [3.63, 3.8) is 0 Å². The van der Waals surface area contributed by atoms with Crippen LogP contribution in [0.25, 0.3) is 0 Å². The third-order valence-corrected chi connectivity index (χ3v) is 5.13. The van der Waals surface area contributed by atoms with Crippen molar-refractivity contribution in [2.75, 3.05) is 5.75 Å². The Hall–Kier alpha value is -1.70. The van der Waals surface area contributed by atoms with Gasteiger partial charge >= 0.3 is 0 Å². The molecule has 0 radical (unpaired) electrons. The standard InChI is InChI=1S/C17H18Cl2N4O2S/c1-2-7-23-15(9-25-14-6-3-11(18)8-13(14)19)21-22-17(23)26-10-16(24)20-12-4-5-12/h2-3,6,8,12H,1,4-5,7,9-10H2,(H,20,24). The lowest BCUT2D eigenvalue weighted by Gasteiger charge is -2.10. The molecule has 6 nitrogen and oxygen atoms in total. The molecule has 0 spiro atoms. The smallest absolute Gasteiger partial charge is 0.230 e. The maximum atomic E-state index is 11.9. The van der Waals surface area contributed by atoms with Crippen LogP contribution >= 0.6 is 35.0 Å². The van der Waals surface area contributed by atoms with E-state index in [0.717, 1.165) is 12.8 Å². The summed E-state index contributed by atoms with van der Waals surface area (Å²) in [5.74, 6) is 1.45. The van der Waals surface area contributed by atoms with Crippen LogP contribution in [0.1, 0.15) is 18.7 Å².